The second kappa shape index (κ2) is 7.95. The molecular weight excluding hydrogens is 405 g/mol. The summed E-state index contributed by atoms with van der Waals surface area (Å²) in [5.41, 5.74) is 0.859. The van der Waals surface area contributed by atoms with Crippen LogP contribution in [-0.2, 0) is 14.8 Å². The highest BCUT2D eigenvalue weighted by molar-refractivity contribution is 7.94. The topological polar surface area (TPSA) is 101 Å². The van der Waals surface area contributed by atoms with Crippen LogP contribution in [-0.4, -0.2) is 19.5 Å². The van der Waals surface area contributed by atoms with E-state index in [1.54, 1.807) is 25.1 Å². The molecule has 146 valence electrons. The molecule has 3 aromatic rings. The zero-order chi connectivity index (χ0) is 20.3. The number of benzene rings is 1. The van der Waals surface area contributed by atoms with Gasteiger partial charge in [0.05, 0.1) is 5.69 Å². The predicted molar refractivity (Wildman–Crippen MR) is 106 cm³/mol. The fourth-order valence-electron chi connectivity index (χ4n) is 2.29. The Labute approximate surface area is 164 Å². The fourth-order valence-corrected chi connectivity index (χ4v) is 4.59. The second-order valence-corrected chi connectivity index (χ2v) is 8.79. The summed E-state index contributed by atoms with van der Waals surface area (Å²) in [6.45, 7) is 3.06. The molecule has 1 amide bonds. The van der Waals surface area contributed by atoms with Crippen molar-refractivity contribution < 1.29 is 22.1 Å². The van der Waals surface area contributed by atoms with Crippen LogP contribution in [0.4, 0.5) is 15.8 Å². The lowest BCUT2D eigenvalue weighted by Crippen LogP contribution is -2.12. The van der Waals surface area contributed by atoms with Gasteiger partial charge in [0.1, 0.15) is 21.4 Å². The number of aryl methyl sites for hydroxylation is 1. The molecule has 0 unspecified atom stereocenters. The number of anilines is 2. The van der Waals surface area contributed by atoms with Crippen LogP contribution < -0.4 is 10.0 Å². The molecule has 0 bridgehead atoms. The molecule has 2 heterocycles. The number of hydrogen-bond donors (Lipinski definition) is 2. The van der Waals surface area contributed by atoms with Crippen LogP contribution in [0.25, 0.3) is 12.2 Å². The largest absolute Gasteiger partial charge is 0.354 e. The normalized spacial score (nSPS) is 11.7. The molecule has 28 heavy (non-hydrogen) atoms. The summed E-state index contributed by atoms with van der Waals surface area (Å²) in [7, 11) is -3.92. The molecule has 0 spiro atoms. The number of halogens is 1. The van der Waals surface area contributed by atoms with Crippen LogP contribution in [0, 0.1) is 12.7 Å². The molecule has 0 aliphatic heterocycles. The van der Waals surface area contributed by atoms with Gasteiger partial charge in [-0.3, -0.25) is 9.52 Å². The average Bonchev–Trinajstić information content (AvgIpc) is 3.23. The van der Waals surface area contributed by atoms with Crippen LogP contribution in [0.2, 0.25) is 0 Å². The second-order valence-electron chi connectivity index (χ2n) is 5.76. The third kappa shape index (κ3) is 4.46. The number of thiophene rings is 1. The van der Waals surface area contributed by atoms with Crippen molar-refractivity contribution in [1.82, 2.24) is 5.16 Å². The molecule has 0 atom stereocenters. The van der Waals surface area contributed by atoms with Gasteiger partial charge in [-0.05, 0) is 43.3 Å². The number of aromatic nitrogens is 1. The van der Waals surface area contributed by atoms with Crippen molar-refractivity contribution in [1.29, 1.82) is 0 Å². The lowest BCUT2D eigenvalue weighted by molar-refractivity contribution is -0.114. The first kappa shape index (κ1) is 19.8. The van der Waals surface area contributed by atoms with E-state index in [0.29, 0.717) is 22.0 Å². The zero-order valence-electron chi connectivity index (χ0n) is 14.9. The molecule has 2 N–H and O–H groups in total. The predicted octanol–water partition coefficient (Wildman–Crippen LogP) is 4.11. The van der Waals surface area contributed by atoms with Crippen LogP contribution in [0.5, 0.6) is 0 Å². The summed E-state index contributed by atoms with van der Waals surface area (Å²) in [5.74, 6) is -0.575. The fraction of sp³-hybridized carbons (Fsp3) is 0.111. The number of nitrogens with zero attached hydrogens (tertiary/aromatic N) is 1. The molecule has 0 radical (unpaired) electrons. The molecule has 1 aromatic carbocycles. The maximum absolute atomic E-state index is 13.7. The molecular formula is C18H16FN3O4S2. The molecule has 0 saturated carbocycles. The van der Waals surface area contributed by atoms with Crippen LogP contribution in [0.3, 0.4) is 0 Å². The lowest BCUT2D eigenvalue weighted by atomic mass is 10.2. The van der Waals surface area contributed by atoms with E-state index in [9.17, 15) is 17.6 Å². The van der Waals surface area contributed by atoms with E-state index in [1.165, 1.54) is 37.3 Å². The Morgan fingerprint density at radius 1 is 1.21 bits per heavy atom. The smallest absolute Gasteiger partial charge is 0.271 e. The lowest BCUT2D eigenvalue weighted by Gasteiger charge is -2.06. The van der Waals surface area contributed by atoms with Gasteiger partial charge in [-0.15, -0.1) is 11.3 Å². The van der Waals surface area contributed by atoms with E-state index < -0.39 is 15.8 Å². The minimum absolute atomic E-state index is 0.0336. The standard InChI is InChI=1S/C18H16FN3O4S2/c1-11-18(20-12(2)23)16(26-21-11)9-7-13-8-10-17(27-13)28(24,25)22-15-6-4-3-5-14(15)19/h3-10,22H,1-2H3,(H,20,23)/b9-7+. The molecule has 0 aliphatic rings. The summed E-state index contributed by atoms with van der Waals surface area (Å²) < 4.78 is 46.0. The highest BCUT2D eigenvalue weighted by Crippen LogP contribution is 2.28. The SMILES string of the molecule is CC(=O)Nc1c(C)noc1/C=C/c1ccc(S(=O)(=O)Nc2ccccc2F)s1. The Morgan fingerprint density at radius 2 is 1.96 bits per heavy atom. The highest BCUT2D eigenvalue weighted by Gasteiger charge is 2.18. The third-order valence-corrected chi connectivity index (χ3v) is 6.48. The van der Waals surface area contributed by atoms with Crippen molar-refractivity contribution in [3.8, 4) is 0 Å². The molecule has 0 saturated heterocycles. The molecule has 10 heteroatoms. The van der Waals surface area contributed by atoms with Gasteiger partial charge in [0.25, 0.3) is 10.0 Å². The summed E-state index contributed by atoms with van der Waals surface area (Å²) >= 11 is 1.00. The van der Waals surface area contributed by atoms with Crippen molar-refractivity contribution in [2.75, 3.05) is 10.0 Å². The van der Waals surface area contributed by atoms with Gasteiger partial charge >= 0.3 is 0 Å². The van der Waals surface area contributed by atoms with Crippen molar-refractivity contribution in [2.24, 2.45) is 0 Å². The van der Waals surface area contributed by atoms with E-state index in [4.69, 9.17) is 4.52 Å². The van der Waals surface area contributed by atoms with Crippen molar-refractivity contribution in [3.05, 3.63) is 58.5 Å². The van der Waals surface area contributed by atoms with E-state index in [2.05, 4.69) is 15.2 Å². The number of carbonyl (C=O) groups excluding carboxylic acids is 1. The van der Waals surface area contributed by atoms with Crippen molar-refractivity contribution >= 4 is 50.8 Å². The van der Waals surface area contributed by atoms with Gasteiger partial charge in [-0.2, -0.15) is 0 Å². The number of amides is 1. The number of sulfonamides is 1. The van der Waals surface area contributed by atoms with Gasteiger partial charge in [0.15, 0.2) is 5.76 Å². The number of nitrogens with one attached hydrogen (secondary N) is 2. The Morgan fingerprint density at radius 3 is 2.68 bits per heavy atom. The van der Waals surface area contributed by atoms with Gasteiger partial charge < -0.3 is 9.84 Å². The summed E-state index contributed by atoms with van der Waals surface area (Å²) in [4.78, 5) is 11.9. The van der Waals surface area contributed by atoms with Crippen molar-refractivity contribution in [3.63, 3.8) is 0 Å². The molecule has 0 fully saturated rings. The van der Waals surface area contributed by atoms with Gasteiger partial charge in [0, 0.05) is 11.8 Å². The Balaban J connectivity index is 1.80. The van der Waals surface area contributed by atoms with Gasteiger partial charge in [-0.25, -0.2) is 12.8 Å². The van der Waals surface area contributed by atoms with Crippen LogP contribution >= 0.6 is 11.3 Å². The Hall–Kier alpha value is -2.98. The Bertz CT molecular complexity index is 1150. The minimum atomic E-state index is -3.92. The van der Waals surface area contributed by atoms with Crippen LogP contribution in [0.15, 0.2) is 45.1 Å². The first-order valence-corrected chi connectivity index (χ1v) is 10.4. The summed E-state index contributed by atoms with van der Waals surface area (Å²) in [6.07, 6.45) is 3.22. The highest BCUT2D eigenvalue weighted by atomic mass is 32.2. The summed E-state index contributed by atoms with van der Waals surface area (Å²) in [5, 5.41) is 6.44. The molecule has 2 aromatic heterocycles. The monoisotopic (exact) mass is 421 g/mol. The van der Waals surface area contributed by atoms with E-state index in [-0.39, 0.29) is 15.8 Å². The van der Waals surface area contributed by atoms with E-state index >= 15 is 0 Å². The number of rotatable bonds is 6. The Kier molecular flexibility index (Phi) is 5.61. The van der Waals surface area contributed by atoms with Gasteiger partial charge in [0.2, 0.25) is 5.91 Å². The van der Waals surface area contributed by atoms with Crippen molar-refractivity contribution in [2.45, 2.75) is 18.1 Å². The first-order chi connectivity index (χ1) is 13.3. The quantitative estimate of drug-likeness (QED) is 0.624. The maximum Gasteiger partial charge on any atom is 0.271 e. The third-order valence-electron chi connectivity index (χ3n) is 3.57. The summed E-state index contributed by atoms with van der Waals surface area (Å²) in [6, 6.07) is 8.56. The minimum Gasteiger partial charge on any atom is -0.354 e. The van der Waals surface area contributed by atoms with E-state index in [0.717, 1.165) is 11.3 Å². The van der Waals surface area contributed by atoms with Crippen LogP contribution in [0.1, 0.15) is 23.3 Å². The molecule has 0 aliphatic carbocycles. The first-order valence-electron chi connectivity index (χ1n) is 8.05. The number of hydrogen-bond acceptors (Lipinski definition) is 6. The number of para-hydroxylation sites is 1. The molecule has 7 nitrogen and oxygen atoms in total. The molecule has 3 rings (SSSR count). The average molecular weight is 421 g/mol. The van der Waals surface area contributed by atoms with E-state index in [1.807, 2.05) is 0 Å². The maximum atomic E-state index is 13.7. The zero-order valence-corrected chi connectivity index (χ0v) is 16.5. The number of carbonyl (C=O) groups is 1. The van der Waals surface area contributed by atoms with Gasteiger partial charge in [-0.1, -0.05) is 17.3 Å².